The predicted octanol–water partition coefficient (Wildman–Crippen LogP) is 1.55. The van der Waals surface area contributed by atoms with Gasteiger partial charge in [0.15, 0.2) is 0 Å². The number of aliphatic hydroxyl groups is 4. The maximum atomic E-state index is 11.0. The Morgan fingerprint density at radius 1 is 1.36 bits per heavy atom. The molecular formula is C20H32O5. The highest BCUT2D eigenvalue weighted by Crippen LogP contribution is 2.63. The summed E-state index contributed by atoms with van der Waals surface area (Å²) in [5, 5.41) is 40.5. The maximum Gasteiger partial charge on any atom is 0.127 e. The molecule has 2 aliphatic carbocycles. The predicted molar refractivity (Wildman–Crippen MR) is 94.9 cm³/mol. The van der Waals surface area contributed by atoms with E-state index in [9.17, 15) is 15.3 Å². The molecule has 4 N–H and O–H groups in total. The minimum absolute atomic E-state index is 0.0480. The van der Waals surface area contributed by atoms with Crippen LogP contribution in [0.2, 0.25) is 0 Å². The Hall–Kier alpha value is -0.720. The van der Waals surface area contributed by atoms with Gasteiger partial charge in [-0.15, -0.1) is 0 Å². The van der Waals surface area contributed by atoms with Crippen molar-refractivity contribution in [3.8, 4) is 0 Å². The van der Waals surface area contributed by atoms with Crippen molar-refractivity contribution in [2.75, 3.05) is 19.8 Å². The van der Waals surface area contributed by atoms with Gasteiger partial charge in [-0.05, 0) is 56.1 Å². The lowest BCUT2D eigenvalue weighted by Crippen LogP contribution is -2.62. The van der Waals surface area contributed by atoms with Gasteiger partial charge in [-0.25, -0.2) is 0 Å². The first-order valence-corrected chi connectivity index (χ1v) is 9.48. The summed E-state index contributed by atoms with van der Waals surface area (Å²) in [6.07, 6.45) is 6.27. The van der Waals surface area contributed by atoms with Gasteiger partial charge in [-0.3, -0.25) is 0 Å². The van der Waals surface area contributed by atoms with Crippen LogP contribution >= 0.6 is 0 Å². The number of ether oxygens (including phenoxy) is 1. The van der Waals surface area contributed by atoms with E-state index in [1.54, 1.807) is 6.08 Å². The van der Waals surface area contributed by atoms with E-state index in [0.29, 0.717) is 19.4 Å². The largest absolute Gasteiger partial charge is 0.392 e. The maximum absolute atomic E-state index is 11.0. The average molecular weight is 352 g/mol. The molecule has 142 valence electrons. The Morgan fingerprint density at radius 2 is 2.12 bits per heavy atom. The van der Waals surface area contributed by atoms with Crippen LogP contribution < -0.4 is 0 Å². The van der Waals surface area contributed by atoms with Crippen LogP contribution in [0.5, 0.6) is 0 Å². The molecule has 25 heavy (non-hydrogen) atoms. The molecule has 0 amide bonds. The molecule has 2 bridgehead atoms. The molecule has 0 spiro atoms. The van der Waals surface area contributed by atoms with Crippen LogP contribution in [0.4, 0.5) is 0 Å². The fraction of sp³-hybridized carbons (Fsp3) is 0.800. The Kier molecular flexibility index (Phi) is 5.43. The molecule has 1 heterocycles. The second-order valence-corrected chi connectivity index (χ2v) is 8.21. The van der Waals surface area contributed by atoms with E-state index in [4.69, 9.17) is 9.84 Å². The van der Waals surface area contributed by atoms with Crippen molar-refractivity contribution < 1.29 is 25.2 Å². The van der Waals surface area contributed by atoms with E-state index in [-0.39, 0.29) is 30.5 Å². The molecule has 1 saturated heterocycles. The van der Waals surface area contributed by atoms with E-state index in [2.05, 4.69) is 13.0 Å². The van der Waals surface area contributed by atoms with Crippen LogP contribution in [-0.4, -0.2) is 58.1 Å². The zero-order valence-corrected chi connectivity index (χ0v) is 15.3. The van der Waals surface area contributed by atoms with Gasteiger partial charge in [0.1, 0.15) is 11.7 Å². The highest BCUT2D eigenvalue weighted by Gasteiger charge is 2.68. The summed E-state index contributed by atoms with van der Waals surface area (Å²) in [5.41, 5.74) is 0.728. The van der Waals surface area contributed by atoms with Crippen molar-refractivity contribution in [2.24, 2.45) is 17.3 Å². The third-order valence-electron chi connectivity index (χ3n) is 7.18. The van der Waals surface area contributed by atoms with Crippen molar-refractivity contribution >= 4 is 0 Å². The molecule has 0 aromatic heterocycles. The molecule has 2 fully saturated rings. The molecule has 1 aliphatic heterocycles. The lowest BCUT2D eigenvalue weighted by molar-refractivity contribution is -0.180. The third kappa shape index (κ3) is 2.81. The lowest BCUT2D eigenvalue weighted by atomic mass is 9.53. The van der Waals surface area contributed by atoms with Crippen molar-refractivity contribution in [3.63, 3.8) is 0 Å². The molecule has 0 radical (unpaired) electrons. The highest BCUT2D eigenvalue weighted by molar-refractivity contribution is 5.26. The van der Waals surface area contributed by atoms with E-state index in [0.717, 1.165) is 30.4 Å². The second-order valence-electron chi connectivity index (χ2n) is 8.21. The number of hydrogen-bond donors (Lipinski definition) is 4. The van der Waals surface area contributed by atoms with Crippen LogP contribution in [-0.2, 0) is 4.74 Å². The SMILES string of the molecule is CC1=CCC[C@@H]2[C@@]3(CC/C(=C/CO)CO)CO[C@@]2([C@@H]1O)[C@@H](O)C[C@H]3C. The van der Waals surface area contributed by atoms with Gasteiger partial charge in [0, 0.05) is 11.3 Å². The van der Waals surface area contributed by atoms with Gasteiger partial charge in [0.2, 0.25) is 0 Å². The summed E-state index contributed by atoms with van der Waals surface area (Å²) in [5.74, 6) is 0.374. The van der Waals surface area contributed by atoms with E-state index < -0.39 is 17.8 Å². The Morgan fingerprint density at radius 3 is 2.80 bits per heavy atom. The van der Waals surface area contributed by atoms with Crippen LogP contribution in [0, 0.1) is 17.3 Å². The summed E-state index contributed by atoms with van der Waals surface area (Å²) < 4.78 is 6.27. The smallest absolute Gasteiger partial charge is 0.127 e. The Balaban J connectivity index is 1.93. The topological polar surface area (TPSA) is 90.2 Å². The van der Waals surface area contributed by atoms with Crippen LogP contribution in [0.1, 0.15) is 46.0 Å². The van der Waals surface area contributed by atoms with Crippen molar-refractivity contribution in [3.05, 3.63) is 23.3 Å². The summed E-state index contributed by atoms with van der Waals surface area (Å²) in [7, 11) is 0. The Bertz CT molecular complexity index is 556. The monoisotopic (exact) mass is 352 g/mol. The van der Waals surface area contributed by atoms with Crippen LogP contribution in [0.15, 0.2) is 23.3 Å². The van der Waals surface area contributed by atoms with Gasteiger partial charge in [-0.2, -0.15) is 0 Å². The van der Waals surface area contributed by atoms with E-state index >= 15 is 0 Å². The van der Waals surface area contributed by atoms with E-state index in [1.807, 2.05) is 6.92 Å². The molecule has 0 aromatic rings. The minimum atomic E-state index is -0.899. The molecule has 6 atom stereocenters. The third-order valence-corrected chi connectivity index (χ3v) is 7.18. The fourth-order valence-electron chi connectivity index (χ4n) is 5.65. The van der Waals surface area contributed by atoms with Crippen molar-refractivity contribution in [1.29, 1.82) is 0 Å². The zero-order valence-electron chi connectivity index (χ0n) is 15.3. The summed E-state index contributed by atoms with van der Waals surface area (Å²) in [6.45, 7) is 4.52. The number of rotatable bonds is 5. The average Bonchev–Trinajstić information content (AvgIpc) is 2.80. The second kappa shape index (κ2) is 7.12. The van der Waals surface area contributed by atoms with Crippen LogP contribution in [0.3, 0.4) is 0 Å². The molecule has 3 aliphatic rings. The van der Waals surface area contributed by atoms with Crippen molar-refractivity contribution in [2.45, 2.75) is 63.8 Å². The number of aliphatic hydroxyl groups excluding tert-OH is 4. The lowest BCUT2D eigenvalue weighted by Gasteiger charge is -2.52. The number of hydrogen-bond acceptors (Lipinski definition) is 5. The van der Waals surface area contributed by atoms with Gasteiger partial charge in [-0.1, -0.05) is 19.1 Å². The van der Waals surface area contributed by atoms with E-state index in [1.165, 1.54) is 0 Å². The first-order valence-electron chi connectivity index (χ1n) is 9.48. The molecular weight excluding hydrogens is 320 g/mol. The summed E-state index contributed by atoms with van der Waals surface area (Å²) >= 11 is 0. The molecule has 0 unspecified atom stereocenters. The molecule has 5 nitrogen and oxygen atoms in total. The zero-order chi connectivity index (χ0) is 18.2. The summed E-state index contributed by atoms with van der Waals surface area (Å²) in [4.78, 5) is 0. The van der Waals surface area contributed by atoms with Crippen molar-refractivity contribution in [1.82, 2.24) is 0 Å². The quantitative estimate of drug-likeness (QED) is 0.564. The standard InChI is InChI=1S/C20H32O5/c1-13-4-3-5-16-19(8-6-15(11-22)7-9-21)12-25-20(16,18(13)24)17(23)10-14(19)2/h4,7,14,16-18,21-24H,3,5-6,8-12H2,1-2H3/b15-7-/t14-,16-,17+,18-,19+,20-/m1/s1. The molecule has 0 aromatic carbocycles. The summed E-state index contributed by atoms with van der Waals surface area (Å²) in [6, 6.07) is 0. The first kappa shape index (κ1) is 19.1. The molecule has 5 heteroatoms. The van der Waals surface area contributed by atoms with Gasteiger partial charge >= 0.3 is 0 Å². The normalized spacial score (nSPS) is 44.2. The molecule has 3 rings (SSSR count). The fourth-order valence-corrected chi connectivity index (χ4v) is 5.65. The van der Waals surface area contributed by atoms with Gasteiger partial charge in [0.25, 0.3) is 0 Å². The van der Waals surface area contributed by atoms with Crippen LogP contribution in [0.25, 0.3) is 0 Å². The van der Waals surface area contributed by atoms with Gasteiger partial charge < -0.3 is 25.2 Å². The number of allylic oxidation sites excluding steroid dienone is 1. The Labute approximate surface area is 150 Å². The minimum Gasteiger partial charge on any atom is -0.392 e. The molecule has 1 saturated carbocycles. The first-order chi connectivity index (χ1) is 11.9. The van der Waals surface area contributed by atoms with Gasteiger partial charge in [0.05, 0.1) is 25.9 Å². The highest BCUT2D eigenvalue weighted by atomic mass is 16.5.